The van der Waals surface area contributed by atoms with Crippen LogP contribution in [0.1, 0.15) is 11.1 Å². The van der Waals surface area contributed by atoms with Crippen molar-refractivity contribution >= 4 is 41.1 Å². The zero-order chi connectivity index (χ0) is 21.2. The van der Waals surface area contributed by atoms with E-state index in [9.17, 15) is 9.59 Å². The maximum atomic E-state index is 11.8. The Morgan fingerprint density at radius 1 is 1.13 bits per heavy atom. The van der Waals surface area contributed by atoms with Crippen molar-refractivity contribution in [2.75, 3.05) is 13.7 Å². The van der Waals surface area contributed by atoms with E-state index < -0.39 is 11.9 Å². The van der Waals surface area contributed by atoms with E-state index in [-0.39, 0.29) is 10.1 Å². The average Bonchev–Trinajstić information content (AvgIpc) is 3.11. The fourth-order valence-electron chi connectivity index (χ4n) is 2.37. The van der Waals surface area contributed by atoms with Crippen molar-refractivity contribution in [1.29, 1.82) is 0 Å². The van der Waals surface area contributed by atoms with Crippen LogP contribution in [0.5, 0.6) is 5.75 Å². The van der Waals surface area contributed by atoms with Gasteiger partial charge < -0.3 is 9.47 Å². The number of rotatable bonds is 7. The van der Waals surface area contributed by atoms with Crippen LogP contribution in [0.25, 0.3) is 6.08 Å². The van der Waals surface area contributed by atoms with Crippen molar-refractivity contribution in [3.8, 4) is 5.75 Å². The molecule has 1 saturated heterocycles. The number of ether oxygens (including phenoxy) is 2. The SMILES string of the molecule is COC(=O)/C=C1/S/C(=N\N=Cc2cccc(OCC=Cc3ccccc3)c2)NC1=O. The number of carbonyl (C=O) groups excluding carboxylic acids is 2. The van der Waals surface area contributed by atoms with E-state index in [0.717, 1.165) is 29.0 Å². The van der Waals surface area contributed by atoms with E-state index >= 15 is 0 Å². The zero-order valence-electron chi connectivity index (χ0n) is 16.1. The van der Waals surface area contributed by atoms with Crippen LogP contribution in [0.4, 0.5) is 0 Å². The summed E-state index contributed by atoms with van der Waals surface area (Å²) in [5, 5.41) is 10.8. The summed E-state index contributed by atoms with van der Waals surface area (Å²) < 4.78 is 10.2. The van der Waals surface area contributed by atoms with Gasteiger partial charge >= 0.3 is 5.97 Å². The highest BCUT2D eigenvalue weighted by Crippen LogP contribution is 2.23. The molecule has 30 heavy (non-hydrogen) atoms. The first kappa shape index (κ1) is 21.1. The van der Waals surface area contributed by atoms with E-state index in [1.807, 2.05) is 66.7 Å². The van der Waals surface area contributed by atoms with E-state index in [1.54, 1.807) is 6.21 Å². The van der Waals surface area contributed by atoms with Crippen LogP contribution >= 0.6 is 11.8 Å². The molecule has 2 aromatic carbocycles. The maximum Gasteiger partial charge on any atom is 0.331 e. The van der Waals surface area contributed by atoms with Gasteiger partial charge in [-0.25, -0.2) is 4.79 Å². The van der Waals surface area contributed by atoms with E-state index in [1.165, 1.54) is 7.11 Å². The molecule has 0 atom stereocenters. The summed E-state index contributed by atoms with van der Waals surface area (Å²) in [5.74, 6) is -0.317. The Hall–Kier alpha value is -3.65. The lowest BCUT2D eigenvalue weighted by atomic mass is 10.2. The topological polar surface area (TPSA) is 89.3 Å². The van der Waals surface area contributed by atoms with E-state index in [2.05, 4.69) is 20.3 Å². The monoisotopic (exact) mass is 421 g/mol. The van der Waals surface area contributed by atoms with Crippen LogP contribution in [0, 0.1) is 0 Å². The first-order chi connectivity index (χ1) is 14.6. The van der Waals surface area contributed by atoms with Gasteiger partial charge in [0.25, 0.3) is 5.91 Å². The molecule has 0 aliphatic carbocycles. The van der Waals surface area contributed by atoms with Crippen molar-refractivity contribution in [3.63, 3.8) is 0 Å². The molecule has 0 aromatic heterocycles. The zero-order valence-corrected chi connectivity index (χ0v) is 17.0. The lowest BCUT2D eigenvalue weighted by Crippen LogP contribution is -2.19. The Morgan fingerprint density at radius 3 is 2.73 bits per heavy atom. The van der Waals surface area contributed by atoms with E-state index in [0.29, 0.717) is 12.4 Å². The lowest BCUT2D eigenvalue weighted by Gasteiger charge is -2.03. The molecule has 7 nitrogen and oxygen atoms in total. The van der Waals surface area contributed by atoms with Gasteiger partial charge in [0.15, 0.2) is 5.17 Å². The number of benzene rings is 2. The van der Waals surface area contributed by atoms with Gasteiger partial charge in [-0.1, -0.05) is 48.5 Å². The van der Waals surface area contributed by atoms with Gasteiger partial charge in [-0.15, -0.1) is 5.10 Å². The molecule has 0 bridgehead atoms. The molecule has 1 amide bonds. The Balaban J connectivity index is 1.55. The number of nitrogens with zero attached hydrogens (tertiary/aromatic N) is 2. The standard InChI is InChI=1S/C22H19N3O4S/c1-28-20(26)14-19-21(27)24-22(30-19)25-23-15-17-9-5-11-18(13-17)29-12-6-10-16-7-3-2-4-8-16/h2-11,13-15H,12H2,1H3,(H,24,25,27)/b10-6?,19-14+,23-15?. The number of hydrogen-bond acceptors (Lipinski definition) is 7. The second-order valence-corrected chi connectivity index (χ2v) is 6.96. The molecule has 1 fully saturated rings. The fraction of sp³-hybridized carbons (Fsp3) is 0.0909. The molecule has 152 valence electrons. The summed E-state index contributed by atoms with van der Waals surface area (Å²) in [5.41, 5.74) is 1.91. The Labute approximate surface area is 178 Å². The van der Waals surface area contributed by atoms with Gasteiger partial charge in [0.05, 0.1) is 18.2 Å². The number of amides is 1. The molecule has 3 rings (SSSR count). The van der Waals surface area contributed by atoms with Crippen molar-refractivity contribution in [3.05, 3.63) is 82.8 Å². The quantitative estimate of drug-likeness (QED) is 0.320. The van der Waals surface area contributed by atoms with Crippen molar-refractivity contribution < 1.29 is 19.1 Å². The van der Waals surface area contributed by atoms with Crippen LogP contribution in [0.3, 0.4) is 0 Å². The number of hydrogen-bond donors (Lipinski definition) is 1. The molecule has 0 spiro atoms. The number of esters is 1. The summed E-state index contributed by atoms with van der Waals surface area (Å²) in [4.78, 5) is 23.2. The van der Waals surface area contributed by atoms with Gasteiger partial charge in [0, 0.05) is 6.08 Å². The van der Waals surface area contributed by atoms with Crippen molar-refractivity contribution in [2.45, 2.75) is 0 Å². The lowest BCUT2D eigenvalue weighted by molar-refractivity contribution is -0.135. The third-order valence-electron chi connectivity index (χ3n) is 3.77. The van der Waals surface area contributed by atoms with Crippen molar-refractivity contribution in [1.82, 2.24) is 5.32 Å². The minimum Gasteiger partial charge on any atom is -0.490 e. The third kappa shape index (κ3) is 6.46. The average molecular weight is 421 g/mol. The summed E-state index contributed by atoms with van der Waals surface area (Å²) >= 11 is 1.02. The van der Waals surface area contributed by atoms with Gasteiger partial charge in [-0.05, 0) is 41.1 Å². The molecule has 0 radical (unpaired) electrons. The molecule has 1 aliphatic heterocycles. The fourth-order valence-corrected chi connectivity index (χ4v) is 3.11. The van der Waals surface area contributed by atoms with Gasteiger partial charge in [-0.3, -0.25) is 10.1 Å². The summed E-state index contributed by atoms with van der Waals surface area (Å²) in [6.07, 6.45) is 6.60. The highest BCUT2D eigenvalue weighted by atomic mass is 32.2. The van der Waals surface area contributed by atoms with Crippen LogP contribution in [-0.4, -0.2) is 37.0 Å². The molecule has 0 saturated carbocycles. The van der Waals surface area contributed by atoms with Crippen LogP contribution < -0.4 is 10.1 Å². The van der Waals surface area contributed by atoms with Gasteiger partial charge in [0.2, 0.25) is 0 Å². The molecule has 0 unspecified atom stereocenters. The largest absolute Gasteiger partial charge is 0.490 e. The first-order valence-corrected chi connectivity index (χ1v) is 9.80. The van der Waals surface area contributed by atoms with Crippen LogP contribution in [0.15, 0.2) is 81.9 Å². The smallest absolute Gasteiger partial charge is 0.331 e. The second-order valence-electron chi connectivity index (χ2n) is 5.93. The van der Waals surface area contributed by atoms with E-state index in [4.69, 9.17) is 4.74 Å². The minimum atomic E-state index is -0.604. The minimum absolute atomic E-state index is 0.203. The second kappa shape index (κ2) is 10.8. The highest BCUT2D eigenvalue weighted by molar-refractivity contribution is 8.18. The van der Waals surface area contributed by atoms with Gasteiger partial charge in [0.1, 0.15) is 12.4 Å². The first-order valence-electron chi connectivity index (χ1n) is 8.98. The Bertz CT molecular complexity index is 1030. The molecule has 8 heteroatoms. The molecular weight excluding hydrogens is 402 g/mol. The number of methoxy groups -OCH3 is 1. The maximum absolute atomic E-state index is 11.8. The molecule has 2 aromatic rings. The molecule has 1 aliphatic rings. The summed E-state index contributed by atoms with van der Waals surface area (Å²) in [6, 6.07) is 17.4. The predicted octanol–water partition coefficient (Wildman–Crippen LogP) is 3.39. The molecule has 1 heterocycles. The number of amidine groups is 1. The van der Waals surface area contributed by atoms with Crippen LogP contribution in [0.2, 0.25) is 0 Å². The number of nitrogens with one attached hydrogen (secondary N) is 1. The Kier molecular flexibility index (Phi) is 7.57. The molecular formula is C22H19N3O4S. The highest BCUT2D eigenvalue weighted by Gasteiger charge is 2.24. The van der Waals surface area contributed by atoms with Crippen molar-refractivity contribution in [2.24, 2.45) is 10.2 Å². The molecule has 1 N–H and O–H groups in total. The van der Waals surface area contributed by atoms with Crippen LogP contribution in [-0.2, 0) is 14.3 Å². The number of carbonyl (C=O) groups is 2. The van der Waals surface area contributed by atoms with Gasteiger partial charge in [-0.2, -0.15) is 5.10 Å². The number of thioether (sulfide) groups is 1. The Morgan fingerprint density at radius 2 is 1.93 bits per heavy atom. The summed E-state index contributed by atoms with van der Waals surface area (Å²) in [6.45, 7) is 0.440. The normalized spacial score (nSPS) is 16.5. The predicted molar refractivity (Wildman–Crippen MR) is 118 cm³/mol. The summed E-state index contributed by atoms with van der Waals surface area (Å²) in [7, 11) is 1.24. The third-order valence-corrected chi connectivity index (χ3v) is 4.67.